The van der Waals surface area contributed by atoms with Crippen LogP contribution in [-0.2, 0) is 4.74 Å². The van der Waals surface area contributed by atoms with Gasteiger partial charge in [0.25, 0.3) is 0 Å². The monoisotopic (exact) mass is 153 g/mol. The zero-order chi connectivity index (χ0) is 7.94. The number of hydrogen-bond acceptors (Lipinski definition) is 1. The van der Waals surface area contributed by atoms with Gasteiger partial charge in [-0.3, -0.25) is 0 Å². The maximum atomic E-state index is 4.92. The molecule has 0 aromatic heterocycles. The van der Waals surface area contributed by atoms with Crippen molar-refractivity contribution in [2.75, 3.05) is 13.7 Å². The van der Waals surface area contributed by atoms with E-state index in [-0.39, 0.29) is 0 Å². The predicted octanol–water partition coefficient (Wildman–Crippen LogP) is 2.58. The molecule has 0 aromatic rings. The summed E-state index contributed by atoms with van der Waals surface area (Å²) in [5, 5.41) is 0. The van der Waals surface area contributed by atoms with E-state index in [4.69, 9.17) is 4.74 Å². The smallest absolute Gasteiger partial charge is 0.0496 e. The predicted molar refractivity (Wildman–Crippen MR) is 47.3 cm³/mol. The first-order valence-corrected chi connectivity index (χ1v) is 4.40. The molecule has 1 nitrogen and oxygen atoms in total. The minimum atomic E-state index is 0.853. The van der Waals surface area contributed by atoms with Gasteiger partial charge in [0.15, 0.2) is 0 Å². The molecule has 1 heteroatoms. The van der Waals surface area contributed by atoms with Crippen molar-refractivity contribution < 1.29 is 4.74 Å². The average Bonchev–Trinajstić information content (AvgIpc) is 2.80. The summed E-state index contributed by atoms with van der Waals surface area (Å²) in [5.74, 6) is 0.946. The lowest BCUT2D eigenvalue weighted by atomic mass is 10.2. The molecule has 1 aliphatic carbocycles. The van der Waals surface area contributed by atoms with E-state index < -0.39 is 0 Å². The molecular formula is C10H17O. The van der Waals surface area contributed by atoms with E-state index in [1.807, 2.05) is 0 Å². The normalized spacial score (nSPS) is 17.9. The van der Waals surface area contributed by atoms with Crippen LogP contribution in [0.3, 0.4) is 0 Å². The maximum Gasteiger partial charge on any atom is 0.0496 e. The van der Waals surface area contributed by atoms with Gasteiger partial charge in [-0.2, -0.15) is 0 Å². The van der Waals surface area contributed by atoms with Crippen LogP contribution in [0.15, 0.2) is 12.2 Å². The van der Waals surface area contributed by atoms with E-state index >= 15 is 0 Å². The zero-order valence-corrected chi connectivity index (χ0v) is 7.25. The molecule has 0 aromatic carbocycles. The molecule has 0 amide bonds. The Morgan fingerprint density at radius 3 is 2.82 bits per heavy atom. The van der Waals surface area contributed by atoms with Crippen molar-refractivity contribution >= 4 is 0 Å². The van der Waals surface area contributed by atoms with Crippen molar-refractivity contribution in [1.82, 2.24) is 0 Å². The van der Waals surface area contributed by atoms with Gasteiger partial charge in [0.1, 0.15) is 0 Å². The molecule has 1 fully saturated rings. The number of ether oxygens (including phenoxy) is 1. The van der Waals surface area contributed by atoms with Crippen LogP contribution < -0.4 is 0 Å². The molecule has 0 N–H and O–H groups in total. The first-order valence-electron chi connectivity index (χ1n) is 4.40. The van der Waals surface area contributed by atoms with E-state index in [1.54, 1.807) is 7.11 Å². The summed E-state index contributed by atoms with van der Waals surface area (Å²) in [6, 6.07) is 0. The Morgan fingerprint density at radius 2 is 2.18 bits per heavy atom. The summed E-state index contributed by atoms with van der Waals surface area (Å²) >= 11 is 0. The number of rotatable bonds is 6. The van der Waals surface area contributed by atoms with Crippen LogP contribution in [0.1, 0.15) is 25.7 Å². The number of allylic oxidation sites excluding steroid dienone is 1. The lowest BCUT2D eigenvalue weighted by Gasteiger charge is -1.91. The van der Waals surface area contributed by atoms with Gasteiger partial charge in [-0.1, -0.05) is 12.2 Å². The fraction of sp³-hybridized carbons (Fsp3) is 0.700. The molecule has 0 spiro atoms. The summed E-state index contributed by atoms with van der Waals surface area (Å²) in [6.45, 7) is 0.853. The Hall–Kier alpha value is -0.300. The molecule has 1 aliphatic rings. The van der Waals surface area contributed by atoms with Crippen molar-refractivity contribution in [3.8, 4) is 0 Å². The molecule has 0 aliphatic heterocycles. The van der Waals surface area contributed by atoms with E-state index in [9.17, 15) is 0 Å². The average molecular weight is 153 g/mol. The van der Waals surface area contributed by atoms with Crippen LogP contribution in [0.5, 0.6) is 0 Å². The van der Waals surface area contributed by atoms with Crippen molar-refractivity contribution in [3.63, 3.8) is 0 Å². The molecule has 0 bridgehead atoms. The maximum absolute atomic E-state index is 4.92. The number of methoxy groups -OCH3 is 1. The molecule has 11 heavy (non-hydrogen) atoms. The van der Waals surface area contributed by atoms with Crippen LogP contribution in [0, 0.1) is 12.3 Å². The molecular weight excluding hydrogens is 136 g/mol. The van der Waals surface area contributed by atoms with Crippen molar-refractivity contribution in [2.24, 2.45) is 5.92 Å². The van der Waals surface area contributed by atoms with Gasteiger partial charge in [-0.15, -0.1) is 0 Å². The minimum absolute atomic E-state index is 0.853. The Bertz CT molecular complexity index is 114. The molecule has 0 heterocycles. The van der Waals surface area contributed by atoms with E-state index in [2.05, 4.69) is 18.6 Å². The van der Waals surface area contributed by atoms with Gasteiger partial charge in [0, 0.05) is 13.7 Å². The van der Waals surface area contributed by atoms with Crippen molar-refractivity contribution in [1.29, 1.82) is 0 Å². The fourth-order valence-electron chi connectivity index (χ4n) is 1.06. The van der Waals surface area contributed by atoms with Crippen molar-refractivity contribution in [2.45, 2.75) is 25.7 Å². The van der Waals surface area contributed by atoms with Crippen molar-refractivity contribution in [3.05, 3.63) is 18.6 Å². The Balaban J connectivity index is 1.80. The third kappa shape index (κ3) is 5.02. The van der Waals surface area contributed by atoms with Gasteiger partial charge >= 0.3 is 0 Å². The SMILES string of the molecule is COCCC=CCCC1[CH]C1. The molecule has 1 saturated carbocycles. The van der Waals surface area contributed by atoms with Gasteiger partial charge in [0.05, 0.1) is 0 Å². The standard InChI is InChI=1S/C10H17O/c1-11-9-5-3-2-4-6-10-7-8-10/h2-3,7,10H,4-6,8-9H2,1H3. The summed E-state index contributed by atoms with van der Waals surface area (Å²) < 4.78 is 4.92. The molecule has 63 valence electrons. The highest BCUT2D eigenvalue weighted by atomic mass is 16.5. The third-order valence-corrected chi connectivity index (χ3v) is 1.93. The molecule has 1 unspecified atom stereocenters. The Labute approximate surface area is 69.4 Å². The Kier molecular flexibility index (Phi) is 4.29. The summed E-state index contributed by atoms with van der Waals surface area (Å²) in [7, 11) is 1.74. The topological polar surface area (TPSA) is 9.23 Å². The second-order valence-corrected chi connectivity index (χ2v) is 3.06. The fourth-order valence-corrected chi connectivity index (χ4v) is 1.06. The first-order chi connectivity index (χ1) is 5.43. The highest BCUT2D eigenvalue weighted by Crippen LogP contribution is 2.31. The molecule has 1 rings (SSSR count). The third-order valence-electron chi connectivity index (χ3n) is 1.93. The van der Waals surface area contributed by atoms with Gasteiger partial charge in [0.2, 0.25) is 0 Å². The van der Waals surface area contributed by atoms with E-state index in [0.717, 1.165) is 18.9 Å². The van der Waals surface area contributed by atoms with Crippen LogP contribution >= 0.6 is 0 Å². The lowest BCUT2D eigenvalue weighted by Crippen LogP contribution is -1.83. The zero-order valence-electron chi connectivity index (χ0n) is 7.25. The van der Waals surface area contributed by atoms with Gasteiger partial charge < -0.3 is 4.74 Å². The van der Waals surface area contributed by atoms with E-state index in [1.165, 1.54) is 19.3 Å². The molecule has 1 atom stereocenters. The van der Waals surface area contributed by atoms with Crippen LogP contribution in [-0.4, -0.2) is 13.7 Å². The largest absolute Gasteiger partial charge is 0.384 e. The van der Waals surface area contributed by atoms with E-state index in [0.29, 0.717) is 0 Å². The quantitative estimate of drug-likeness (QED) is 0.421. The Morgan fingerprint density at radius 1 is 1.45 bits per heavy atom. The van der Waals surface area contributed by atoms with Crippen LogP contribution in [0.25, 0.3) is 0 Å². The highest BCUT2D eigenvalue weighted by molar-refractivity contribution is 4.96. The summed E-state index contributed by atoms with van der Waals surface area (Å²) in [4.78, 5) is 0. The lowest BCUT2D eigenvalue weighted by molar-refractivity contribution is 0.204. The molecule has 1 radical (unpaired) electrons. The second kappa shape index (κ2) is 5.36. The summed E-state index contributed by atoms with van der Waals surface area (Å²) in [6.07, 6.45) is 11.9. The number of hydrogen-bond donors (Lipinski definition) is 0. The highest BCUT2D eigenvalue weighted by Gasteiger charge is 2.19. The van der Waals surface area contributed by atoms with Crippen LogP contribution in [0.4, 0.5) is 0 Å². The first kappa shape index (κ1) is 8.79. The molecule has 0 saturated heterocycles. The second-order valence-electron chi connectivity index (χ2n) is 3.06. The van der Waals surface area contributed by atoms with Gasteiger partial charge in [-0.05, 0) is 38.0 Å². The summed E-state index contributed by atoms with van der Waals surface area (Å²) in [5.41, 5.74) is 0. The van der Waals surface area contributed by atoms with Crippen LogP contribution in [0.2, 0.25) is 0 Å². The van der Waals surface area contributed by atoms with Gasteiger partial charge in [-0.25, -0.2) is 0 Å². The minimum Gasteiger partial charge on any atom is -0.384 e.